The largest absolute Gasteiger partial charge is 0.293 e. The lowest BCUT2D eigenvalue weighted by Crippen LogP contribution is -2.16. The van der Waals surface area contributed by atoms with Gasteiger partial charge in [0.15, 0.2) is 5.75 Å². The molecule has 0 heterocycles. The fraction of sp³-hybridized carbons (Fsp3) is 0.125. The number of anilines is 1. The van der Waals surface area contributed by atoms with E-state index in [9.17, 15) is 18.5 Å². The van der Waals surface area contributed by atoms with E-state index in [0.29, 0.717) is 0 Å². The molecule has 1 aromatic carbocycles. The first kappa shape index (κ1) is 11.9. The summed E-state index contributed by atoms with van der Waals surface area (Å²) in [7, 11) is -3.86. The fourth-order valence-electron chi connectivity index (χ4n) is 1.01. The normalized spacial score (nSPS) is 10.4. The van der Waals surface area contributed by atoms with E-state index in [2.05, 4.69) is 0 Å². The Morgan fingerprint density at radius 1 is 1.44 bits per heavy atom. The molecule has 0 aromatic heterocycles. The van der Waals surface area contributed by atoms with Crippen molar-refractivity contribution in [3.05, 3.63) is 34.4 Å². The van der Waals surface area contributed by atoms with E-state index in [-0.39, 0.29) is 11.4 Å². The van der Waals surface area contributed by atoms with Gasteiger partial charge in [-0.2, -0.15) is 5.26 Å². The molecule has 0 saturated heterocycles. The number of nitrogens with zero attached hydrogens (tertiary/aromatic N) is 2. The molecule has 8 heteroatoms. The summed E-state index contributed by atoms with van der Waals surface area (Å²) in [6.07, 6.45) is 0. The van der Waals surface area contributed by atoms with Crippen molar-refractivity contribution in [2.45, 2.75) is 0 Å². The van der Waals surface area contributed by atoms with E-state index in [1.165, 1.54) is 30.3 Å². The van der Waals surface area contributed by atoms with Crippen molar-refractivity contribution in [1.29, 1.82) is 5.26 Å². The van der Waals surface area contributed by atoms with Crippen LogP contribution in [0, 0.1) is 21.4 Å². The molecule has 0 spiro atoms. The molecule has 0 aliphatic carbocycles. The Bertz CT molecular complexity index is 547. The van der Waals surface area contributed by atoms with Gasteiger partial charge in [0.25, 0.3) is 5.69 Å². The molecular weight excluding hydrogens is 234 g/mol. The van der Waals surface area contributed by atoms with Gasteiger partial charge in [-0.15, -0.1) is 0 Å². The van der Waals surface area contributed by atoms with Crippen LogP contribution in [0.2, 0.25) is 0 Å². The second-order valence-corrected chi connectivity index (χ2v) is 4.52. The van der Waals surface area contributed by atoms with Gasteiger partial charge in [-0.25, -0.2) is 8.42 Å². The zero-order valence-electron chi connectivity index (χ0n) is 7.95. The molecule has 16 heavy (non-hydrogen) atoms. The highest BCUT2D eigenvalue weighted by atomic mass is 32.2. The predicted molar refractivity (Wildman–Crippen MR) is 56.1 cm³/mol. The highest BCUT2D eigenvalue weighted by Gasteiger charge is 2.17. The van der Waals surface area contributed by atoms with E-state index >= 15 is 0 Å². The molecule has 1 aromatic rings. The lowest BCUT2D eigenvalue weighted by atomic mass is 10.3. The molecule has 7 nitrogen and oxygen atoms in total. The van der Waals surface area contributed by atoms with Crippen LogP contribution in [-0.4, -0.2) is 19.1 Å². The summed E-state index contributed by atoms with van der Waals surface area (Å²) in [5.74, 6) is -0.751. The lowest BCUT2D eigenvalue weighted by Gasteiger charge is -2.04. The molecule has 0 aliphatic heterocycles. The molecular formula is C8H7N3O4S. The minimum atomic E-state index is -3.86. The number of sulfonamides is 1. The first-order valence-corrected chi connectivity index (χ1v) is 5.72. The Morgan fingerprint density at radius 2 is 2.06 bits per heavy atom. The summed E-state index contributed by atoms with van der Waals surface area (Å²) in [6.45, 7) is 0. The van der Waals surface area contributed by atoms with Crippen LogP contribution in [0.15, 0.2) is 24.3 Å². The number of benzene rings is 1. The van der Waals surface area contributed by atoms with Crippen molar-refractivity contribution in [2.75, 3.05) is 10.5 Å². The van der Waals surface area contributed by atoms with Crippen molar-refractivity contribution < 1.29 is 13.3 Å². The SMILES string of the molecule is N#CCS(=O)(=O)Nc1ccccc1[N+](=O)[O-]. The Kier molecular flexibility index (Phi) is 3.42. The van der Waals surface area contributed by atoms with Crippen molar-refractivity contribution >= 4 is 21.4 Å². The number of hydrogen-bond acceptors (Lipinski definition) is 5. The maximum atomic E-state index is 11.2. The van der Waals surface area contributed by atoms with Gasteiger partial charge < -0.3 is 0 Å². The summed E-state index contributed by atoms with van der Waals surface area (Å²) in [5, 5.41) is 18.8. The number of nitro groups is 1. The highest BCUT2D eigenvalue weighted by Crippen LogP contribution is 2.24. The molecule has 0 saturated carbocycles. The lowest BCUT2D eigenvalue weighted by molar-refractivity contribution is -0.383. The summed E-state index contributed by atoms with van der Waals surface area (Å²) >= 11 is 0. The number of rotatable bonds is 4. The number of nitro benzene ring substituents is 1. The predicted octanol–water partition coefficient (Wildman–Crippen LogP) is 0.860. The second-order valence-electron chi connectivity index (χ2n) is 2.79. The van der Waals surface area contributed by atoms with Gasteiger partial charge in [-0.1, -0.05) is 12.1 Å². The molecule has 0 fully saturated rings. The monoisotopic (exact) mass is 241 g/mol. The average molecular weight is 241 g/mol. The smallest absolute Gasteiger partial charge is 0.276 e. The third-order valence-electron chi connectivity index (χ3n) is 1.62. The quantitative estimate of drug-likeness (QED) is 0.620. The van der Waals surface area contributed by atoms with Gasteiger partial charge >= 0.3 is 0 Å². The standard InChI is InChI=1S/C8H7N3O4S/c9-5-6-16(14,15)10-7-3-1-2-4-8(7)11(12)13/h1-4,10H,6H2. The van der Waals surface area contributed by atoms with Crippen molar-refractivity contribution in [3.8, 4) is 6.07 Å². The molecule has 0 bridgehead atoms. The highest BCUT2D eigenvalue weighted by molar-refractivity contribution is 7.92. The topological polar surface area (TPSA) is 113 Å². The van der Waals surface area contributed by atoms with Crippen molar-refractivity contribution in [3.63, 3.8) is 0 Å². The maximum absolute atomic E-state index is 11.2. The minimum Gasteiger partial charge on any atom is -0.276 e. The Morgan fingerprint density at radius 3 is 2.62 bits per heavy atom. The van der Waals surface area contributed by atoms with Gasteiger partial charge in [0.1, 0.15) is 5.69 Å². The van der Waals surface area contributed by atoms with Gasteiger partial charge in [-0.05, 0) is 6.07 Å². The first-order valence-electron chi connectivity index (χ1n) is 4.07. The van der Waals surface area contributed by atoms with Crippen LogP contribution in [0.1, 0.15) is 0 Å². The van der Waals surface area contributed by atoms with Crippen LogP contribution in [0.4, 0.5) is 11.4 Å². The van der Waals surface area contributed by atoms with Crippen LogP contribution in [0.3, 0.4) is 0 Å². The molecule has 1 N–H and O–H groups in total. The molecule has 84 valence electrons. The Hall–Kier alpha value is -2.14. The van der Waals surface area contributed by atoms with E-state index in [1.54, 1.807) is 0 Å². The molecule has 0 atom stereocenters. The summed E-state index contributed by atoms with van der Waals surface area (Å²) in [6, 6.07) is 6.76. The van der Waals surface area contributed by atoms with Gasteiger partial charge in [0.05, 0.1) is 11.0 Å². The minimum absolute atomic E-state index is 0.150. The fourth-order valence-corrected chi connectivity index (χ4v) is 1.76. The summed E-state index contributed by atoms with van der Waals surface area (Å²) in [5.41, 5.74) is -0.508. The second kappa shape index (κ2) is 4.59. The van der Waals surface area contributed by atoms with Gasteiger partial charge in [0, 0.05) is 6.07 Å². The zero-order chi connectivity index (χ0) is 12.2. The van der Waals surface area contributed by atoms with Crippen molar-refractivity contribution in [1.82, 2.24) is 0 Å². The number of nitrogens with one attached hydrogen (secondary N) is 1. The van der Waals surface area contributed by atoms with Gasteiger partial charge in [0.2, 0.25) is 10.0 Å². The van der Waals surface area contributed by atoms with E-state index in [4.69, 9.17) is 5.26 Å². The average Bonchev–Trinajstić information content (AvgIpc) is 2.17. The van der Waals surface area contributed by atoms with Crippen LogP contribution in [0.5, 0.6) is 0 Å². The maximum Gasteiger partial charge on any atom is 0.293 e. The van der Waals surface area contributed by atoms with Crippen molar-refractivity contribution in [2.24, 2.45) is 0 Å². The number of hydrogen-bond donors (Lipinski definition) is 1. The van der Waals surface area contributed by atoms with Crippen LogP contribution in [-0.2, 0) is 10.0 Å². The molecule has 0 aliphatic rings. The molecule has 0 unspecified atom stereocenters. The first-order chi connectivity index (χ1) is 7.46. The van der Waals surface area contributed by atoms with E-state index in [0.717, 1.165) is 0 Å². The third kappa shape index (κ3) is 2.93. The van der Waals surface area contributed by atoms with Crippen LogP contribution < -0.4 is 4.72 Å². The van der Waals surface area contributed by atoms with Crippen LogP contribution >= 0.6 is 0 Å². The Balaban J connectivity index is 3.08. The van der Waals surface area contributed by atoms with E-state index in [1.807, 2.05) is 4.72 Å². The van der Waals surface area contributed by atoms with Gasteiger partial charge in [-0.3, -0.25) is 14.8 Å². The molecule has 1 rings (SSSR count). The van der Waals surface area contributed by atoms with Crippen LogP contribution in [0.25, 0.3) is 0 Å². The molecule has 0 radical (unpaired) electrons. The third-order valence-corrected chi connectivity index (χ3v) is 2.66. The molecule has 0 amide bonds. The summed E-state index contributed by atoms with van der Waals surface area (Å²) in [4.78, 5) is 9.87. The van der Waals surface area contributed by atoms with E-state index < -0.39 is 20.7 Å². The number of para-hydroxylation sites is 2. The summed E-state index contributed by atoms with van der Waals surface area (Å²) < 4.78 is 24.4. The zero-order valence-corrected chi connectivity index (χ0v) is 8.77. The number of nitriles is 1. The Labute approximate surface area is 91.5 Å².